The summed E-state index contributed by atoms with van der Waals surface area (Å²) in [7, 11) is 0. The summed E-state index contributed by atoms with van der Waals surface area (Å²) in [6.45, 7) is 6.44. The molecule has 3 N–H and O–H groups in total. The Bertz CT molecular complexity index is 554. The topological polar surface area (TPSA) is 78.4 Å². The van der Waals surface area contributed by atoms with Crippen LogP contribution in [0.5, 0.6) is 0 Å². The van der Waals surface area contributed by atoms with Crippen molar-refractivity contribution in [2.45, 2.75) is 33.2 Å². The molecule has 1 fully saturated rings. The second-order valence-electron chi connectivity index (χ2n) is 5.40. The van der Waals surface area contributed by atoms with Crippen molar-refractivity contribution in [2.75, 3.05) is 11.9 Å². The van der Waals surface area contributed by atoms with Gasteiger partial charge in [0, 0.05) is 11.7 Å². The average molecular weight is 276 g/mol. The minimum Gasteiger partial charge on any atom is -0.478 e. The molecular weight excluding hydrogens is 256 g/mol. The van der Waals surface area contributed by atoms with Crippen LogP contribution in [0.3, 0.4) is 0 Å². The Kier molecular flexibility index (Phi) is 4.09. The maximum atomic E-state index is 12.2. The summed E-state index contributed by atoms with van der Waals surface area (Å²) in [5.74, 6) is -1.09. The van der Waals surface area contributed by atoms with E-state index in [2.05, 4.69) is 10.6 Å². The van der Waals surface area contributed by atoms with Crippen molar-refractivity contribution < 1.29 is 14.7 Å². The Morgan fingerprint density at radius 3 is 2.60 bits per heavy atom. The van der Waals surface area contributed by atoms with E-state index >= 15 is 0 Å². The molecule has 2 unspecified atom stereocenters. The molecule has 20 heavy (non-hydrogen) atoms. The van der Waals surface area contributed by atoms with Gasteiger partial charge in [0.2, 0.25) is 5.91 Å². The van der Waals surface area contributed by atoms with Crippen LogP contribution in [0, 0.1) is 19.8 Å². The van der Waals surface area contributed by atoms with Gasteiger partial charge in [-0.2, -0.15) is 0 Å². The van der Waals surface area contributed by atoms with Gasteiger partial charge in [-0.25, -0.2) is 4.79 Å². The number of anilines is 1. The van der Waals surface area contributed by atoms with Gasteiger partial charge in [0.1, 0.15) is 0 Å². The molecule has 0 radical (unpaired) electrons. The summed E-state index contributed by atoms with van der Waals surface area (Å²) < 4.78 is 0. The van der Waals surface area contributed by atoms with Crippen LogP contribution >= 0.6 is 0 Å². The molecule has 1 saturated heterocycles. The second kappa shape index (κ2) is 5.63. The number of aromatic carboxylic acids is 1. The number of carboxylic acids is 1. The average Bonchev–Trinajstić information content (AvgIpc) is 2.79. The molecule has 0 aliphatic carbocycles. The lowest BCUT2D eigenvalue weighted by molar-refractivity contribution is -0.120. The van der Waals surface area contributed by atoms with Crippen molar-refractivity contribution in [1.29, 1.82) is 0 Å². The molecule has 1 aromatic carbocycles. The maximum absolute atomic E-state index is 12.2. The fourth-order valence-electron chi connectivity index (χ4n) is 2.61. The van der Waals surface area contributed by atoms with E-state index in [1.165, 1.54) is 6.07 Å². The van der Waals surface area contributed by atoms with Crippen LogP contribution in [0.2, 0.25) is 0 Å². The van der Waals surface area contributed by atoms with E-state index in [-0.39, 0.29) is 23.4 Å². The molecule has 0 saturated carbocycles. The Morgan fingerprint density at radius 2 is 2.05 bits per heavy atom. The molecule has 5 nitrogen and oxygen atoms in total. The first-order chi connectivity index (χ1) is 9.40. The predicted octanol–water partition coefficient (Wildman–Crippen LogP) is 1.94. The molecule has 108 valence electrons. The number of carboxylic acid groups (broad SMARTS) is 1. The van der Waals surface area contributed by atoms with Gasteiger partial charge in [-0.3, -0.25) is 4.79 Å². The number of aryl methyl sites for hydroxylation is 1. The zero-order valence-electron chi connectivity index (χ0n) is 12.0. The van der Waals surface area contributed by atoms with E-state index in [4.69, 9.17) is 0 Å². The van der Waals surface area contributed by atoms with Gasteiger partial charge < -0.3 is 15.7 Å². The SMILES string of the molecule is Cc1cc(NC(=O)C2CCNC2C)cc(C(=O)O)c1C. The molecule has 1 amide bonds. The van der Waals surface area contributed by atoms with Gasteiger partial charge in [-0.05, 0) is 57.0 Å². The summed E-state index contributed by atoms with van der Waals surface area (Å²) in [6, 6.07) is 3.49. The molecule has 1 aliphatic heterocycles. The molecular formula is C15H20N2O3. The largest absolute Gasteiger partial charge is 0.478 e. The standard InChI is InChI=1S/C15H20N2O3/c1-8-6-11(7-13(9(8)2)15(19)20)17-14(18)12-4-5-16-10(12)3/h6-7,10,12,16H,4-5H2,1-3H3,(H,17,18)(H,19,20). The first kappa shape index (κ1) is 14.5. The smallest absolute Gasteiger partial charge is 0.336 e. The fourth-order valence-corrected chi connectivity index (χ4v) is 2.61. The minimum atomic E-state index is -0.974. The van der Waals surface area contributed by atoms with Crippen LogP contribution in [-0.4, -0.2) is 29.6 Å². The van der Waals surface area contributed by atoms with E-state index in [1.807, 2.05) is 19.9 Å². The number of hydrogen-bond donors (Lipinski definition) is 3. The molecule has 2 atom stereocenters. The van der Waals surface area contributed by atoms with E-state index < -0.39 is 5.97 Å². The number of rotatable bonds is 3. The quantitative estimate of drug-likeness (QED) is 0.788. The van der Waals surface area contributed by atoms with Crippen LogP contribution in [0.15, 0.2) is 12.1 Å². The lowest BCUT2D eigenvalue weighted by atomic mass is 9.99. The summed E-state index contributed by atoms with van der Waals surface area (Å²) in [5.41, 5.74) is 2.37. The molecule has 2 rings (SSSR count). The fraction of sp³-hybridized carbons (Fsp3) is 0.467. The van der Waals surface area contributed by atoms with Crippen molar-refractivity contribution in [3.8, 4) is 0 Å². The second-order valence-corrected chi connectivity index (χ2v) is 5.40. The molecule has 0 aromatic heterocycles. The van der Waals surface area contributed by atoms with E-state index in [0.717, 1.165) is 24.1 Å². The van der Waals surface area contributed by atoms with Crippen LogP contribution in [0.4, 0.5) is 5.69 Å². The number of hydrogen-bond acceptors (Lipinski definition) is 3. The molecule has 0 spiro atoms. The summed E-state index contributed by atoms with van der Waals surface area (Å²) in [6.07, 6.45) is 0.809. The zero-order valence-corrected chi connectivity index (χ0v) is 12.0. The third-order valence-electron chi connectivity index (χ3n) is 4.03. The van der Waals surface area contributed by atoms with Gasteiger partial charge in [0.05, 0.1) is 11.5 Å². The summed E-state index contributed by atoms with van der Waals surface area (Å²) in [5, 5.41) is 15.2. The number of benzene rings is 1. The molecule has 0 bridgehead atoms. The van der Waals surface area contributed by atoms with Gasteiger partial charge in [-0.1, -0.05) is 0 Å². The first-order valence-corrected chi connectivity index (χ1v) is 6.79. The highest BCUT2D eigenvalue weighted by Crippen LogP contribution is 2.22. The Balaban J connectivity index is 2.21. The predicted molar refractivity (Wildman–Crippen MR) is 77.1 cm³/mol. The van der Waals surface area contributed by atoms with Crippen molar-refractivity contribution in [1.82, 2.24) is 5.32 Å². The van der Waals surface area contributed by atoms with Crippen LogP contribution < -0.4 is 10.6 Å². The van der Waals surface area contributed by atoms with Crippen molar-refractivity contribution in [3.05, 3.63) is 28.8 Å². The van der Waals surface area contributed by atoms with Gasteiger partial charge in [0.25, 0.3) is 0 Å². The number of amides is 1. The normalized spacial score (nSPS) is 21.8. The highest BCUT2D eigenvalue weighted by atomic mass is 16.4. The maximum Gasteiger partial charge on any atom is 0.336 e. The Labute approximate surface area is 118 Å². The van der Waals surface area contributed by atoms with Gasteiger partial charge >= 0.3 is 5.97 Å². The van der Waals surface area contributed by atoms with Crippen LogP contribution in [-0.2, 0) is 4.79 Å². The molecule has 1 aliphatic rings. The van der Waals surface area contributed by atoms with Gasteiger partial charge in [-0.15, -0.1) is 0 Å². The lowest BCUT2D eigenvalue weighted by Crippen LogP contribution is -2.32. The lowest BCUT2D eigenvalue weighted by Gasteiger charge is -2.16. The highest BCUT2D eigenvalue weighted by molar-refractivity contribution is 5.96. The number of nitrogens with one attached hydrogen (secondary N) is 2. The van der Waals surface area contributed by atoms with Crippen LogP contribution in [0.1, 0.15) is 34.8 Å². The number of carbonyl (C=O) groups is 2. The molecule has 5 heteroatoms. The highest BCUT2D eigenvalue weighted by Gasteiger charge is 2.29. The monoisotopic (exact) mass is 276 g/mol. The third-order valence-corrected chi connectivity index (χ3v) is 4.03. The van der Waals surface area contributed by atoms with Crippen LogP contribution in [0.25, 0.3) is 0 Å². The number of carbonyl (C=O) groups excluding carboxylic acids is 1. The minimum absolute atomic E-state index is 0.0536. The molecule has 1 heterocycles. The summed E-state index contributed by atoms with van der Waals surface area (Å²) >= 11 is 0. The van der Waals surface area contributed by atoms with Crippen molar-refractivity contribution in [2.24, 2.45) is 5.92 Å². The Hall–Kier alpha value is -1.88. The van der Waals surface area contributed by atoms with E-state index in [1.54, 1.807) is 6.92 Å². The van der Waals surface area contributed by atoms with E-state index in [9.17, 15) is 14.7 Å². The zero-order chi connectivity index (χ0) is 14.9. The van der Waals surface area contributed by atoms with Crippen molar-refractivity contribution >= 4 is 17.6 Å². The Morgan fingerprint density at radius 1 is 1.35 bits per heavy atom. The van der Waals surface area contributed by atoms with Gasteiger partial charge in [0.15, 0.2) is 0 Å². The van der Waals surface area contributed by atoms with Crippen molar-refractivity contribution in [3.63, 3.8) is 0 Å². The first-order valence-electron chi connectivity index (χ1n) is 6.79. The van der Waals surface area contributed by atoms with E-state index in [0.29, 0.717) is 5.69 Å². The third kappa shape index (κ3) is 2.82. The summed E-state index contributed by atoms with van der Waals surface area (Å²) in [4.78, 5) is 23.4. The molecule has 1 aromatic rings.